The van der Waals surface area contributed by atoms with E-state index in [2.05, 4.69) is 12.1 Å². The summed E-state index contributed by atoms with van der Waals surface area (Å²) in [5.41, 5.74) is 4.29. The summed E-state index contributed by atoms with van der Waals surface area (Å²) in [4.78, 5) is 17.9. The molecule has 5 rings (SSSR count). The van der Waals surface area contributed by atoms with E-state index in [0.717, 1.165) is 22.3 Å². The third kappa shape index (κ3) is 6.50. The molecule has 1 fully saturated rings. The third-order valence-corrected chi connectivity index (χ3v) is 7.82. The Morgan fingerprint density at radius 3 is 1.33 bits per heavy atom. The molecule has 1 saturated heterocycles. The molecule has 4 aromatic carbocycles. The standard InChI is InChI=1S/C35H32N4O3/c36-21-27-13-7-15-29(17-27)23-38-31(19-25-9-3-1-4-10-25)33(40)34(41)32(20-26-11-5-2-6-12-26)39(35(38)42)24-30-16-8-14-28(18-30)22-37/h1-18,31-34,40-41H,19-20,23-24H2. The normalized spacial score (nSPS) is 20.4. The van der Waals surface area contributed by atoms with Crippen LogP contribution in [0.4, 0.5) is 4.79 Å². The first-order chi connectivity index (χ1) is 20.5. The molecule has 0 saturated carbocycles. The first-order valence-electron chi connectivity index (χ1n) is 14.0. The minimum absolute atomic E-state index is 0.141. The Hall–Kier alpha value is -4.95. The Morgan fingerprint density at radius 1 is 0.571 bits per heavy atom. The Morgan fingerprint density at radius 2 is 0.952 bits per heavy atom. The lowest BCUT2D eigenvalue weighted by Crippen LogP contribution is -2.50. The second kappa shape index (κ2) is 13.1. The van der Waals surface area contributed by atoms with Crippen molar-refractivity contribution in [2.45, 2.75) is 50.2 Å². The van der Waals surface area contributed by atoms with E-state index >= 15 is 0 Å². The van der Waals surface area contributed by atoms with Crippen LogP contribution in [0.25, 0.3) is 0 Å². The van der Waals surface area contributed by atoms with E-state index in [1.165, 1.54) is 0 Å². The van der Waals surface area contributed by atoms with Crippen molar-refractivity contribution in [2.24, 2.45) is 0 Å². The van der Waals surface area contributed by atoms with E-state index in [1.807, 2.05) is 72.8 Å². The number of aliphatic hydroxyl groups is 2. The molecule has 0 bridgehead atoms. The maximum atomic E-state index is 14.7. The summed E-state index contributed by atoms with van der Waals surface area (Å²) in [5.74, 6) is 0. The predicted molar refractivity (Wildman–Crippen MR) is 159 cm³/mol. The van der Waals surface area contributed by atoms with E-state index in [9.17, 15) is 25.5 Å². The monoisotopic (exact) mass is 556 g/mol. The highest BCUT2D eigenvalue weighted by molar-refractivity contribution is 5.76. The molecule has 7 heteroatoms. The summed E-state index contributed by atoms with van der Waals surface area (Å²) in [7, 11) is 0. The lowest BCUT2D eigenvalue weighted by Gasteiger charge is -2.36. The number of hydrogen-bond donors (Lipinski definition) is 2. The highest BCUT2D eigenvalue weighted by Gasteiger charge is 2.46. The topological polar surface area (TPSA) is 112 Å². The Balaban J connectivity index is 1.60. The molecule has 4 unspecified atom stereocenters. The highest BCUT2D eigenvalue weighted by atomic mass is 16.3. The van der Waals surface area contributed by atoms with Crippen LogP contribution in [0.15, 0.2) is 109 Å². The van der Waals surface area contributed by atoms with Crippen molar-refractivity contribution in [3.05, 3.63) is 143 Å². The second-order valence-electron chi connectivity index (χ2n) is 10.7. The van der Waals surface area contributed by atoms with Gasteiger partial charge in [0.1, 0.15) is 12.2 Å². The fourth-order valence-corrected chi connectivity index (χ4v) is 5.69. The molecule has 2 amide bonds. The number of nitriles is 2. The fraction of sp³-hybridized carbons (Fsp3) is 0.229. The molecule has 42 heavy (non-hydrogen) atoms. The number of benzene rings is 4. The number of carbonyl (C=O) groups is 1. The van der Waals surface area contributed by atoms with E-state index in [4.69, 9.17) is 0 Å². The van der Waals surface area contributed by atoms with Gasteiger partial charge >= 0.3 is 6.03 Å². The van der Waals surface area contributed by atoms with Crippen molar-refractivity contribution in [3.8, 4) is 12.1 Å². The minimum Gasteiger partial charge on any atom is -0.388 e. The number of amides is 2. The molecule has 210 valence electrons. The van der Waals surface area contributed by atoms with Crippen LogP contribution in [-0.2, 0) is 25.9 Å². The van der Waals surface area contributed by atoms with Crippen LogP contribution in [0.2, 0.25) is 0 Å². The van der Waals surface area contributed by atoms with Gasteiger partial charge < -0.3 is 20.0 Å². The van der Waals surface area contributed by atoms with Gasteiger partial charge in [0.05, 0.1) is 35.3 Å². The maximum absolute atomic E-state index is 14.7. The van der Waals surface area contributed by atoms with Gasteiger partial charge in [0.2, 0.25) is 0 Å². The molecular formula is C35H32N4O3. The highest BCUT2D eigenvalue weighted by Crippen LogP contribution is 2.30. The Labute approximate surface area is 246 Å². The van der Waals surface area contributed by atoms with Crippen LogP contribution in [-0.4, -0.2) is 50.3 Å². The van der Waals surface area contributed by atoms with Crippen LogP contribution in [0.3, 0.4) is 0 Å². The van der Waals surface area contributed by atoms with E-state index in [-0.39, 0.29) is 19.1 Å². The van der Waals surface area contributed by atoms with Crippen molar-refractivity contribution in [3.63, 3.8) is 0 Å². The Bertz CT molecular complexity index is 1480. The van der Waals surface area contributed by atoms with Crippen LogP contribution >= 0.6 is 0 Å². The van der Waals surface area contributed by atoms with Gasteiger partial charge in [-0.2, -0.15) is 10.5 Å². The van der Waals surface area contributed by atoms with Gasteiger partial charge in [0.25, 0.3) is 0 Å². The van der Waals surface area contributed by atoms with E-state index in [1.54, 1.807) is 46.2 Å². The lowest BCUT2D eigenvalue weighted by atomic mass is 9.91. The molecule has 1 aliphatic heterocycles. The zero-order valence-electron chi connectivity index (χ0n) is 23.1. The van der Waals surface area contributed by atoms with Crippen LogP contribution in [0.5, 0.6) is 0 Å². The molecule has 0 spiro atoms. The van der Waals surface area contributed by atoms with Crippen molar-refractivity contribution in [1.82, 2.24) is 9.80 Å². The number of hydrogen-bond acceptors (Lipinski definition) is 5. The largest absolute Gasteiger partial charge is 0.388 e. The number of carbonyl (C=O) groups excluding carboxylic acids is 1. The molecule has 4 aromatic rings. The van der Waals surface area contributed by atoms with Gasteiger partial charge in [0, 0.05) is 13.1 Å². The summed E-state index contributed by atoms with van der Waals surface area (Å²) in [6.45, 7) is 0.283. The van der Waals surface area contributed by atoms with Crippen molar-refractivity contribution in [1.29, 1.82) is 10.5 Å². The van der Waals surface area contributed by atoms with Crippen molar-refractivity contribution < 1.29 is 15.0 Å². The number of nitrogens with zero attached hydrogens (tertiary/aromatic N) is 4. The average molecular weight is 557 g/mol. The minimum atomic E-state index is -1.25. The van der Waals surface area contributed by atoms with Gasteiger partial charge in [-0.25, -0.2) is 4.79 Å². The van der Waals surface area contributed by atoms with Gasteiger partial charge in [-0.15, -0.1) is 0 Å². The fourth-order valence-electron chi connectivity index (χ4n) is 5.69. The zero-order valence-corrected chi connectivity index (χ0v) is 23.1. The molecule has 1 heterocycles. The molecular weight excluding hydrogens is 524 g/mol. The van der Waals surface area contributed by atoms with Crippen molar-refractivity contribution in [2.75, 3.05) is 0 Å². The lowest BCUT2D eigenvalue weighted by molar-refractivity contribution is -0.0408. The molecule has 1 aliphatic rings. The van der Waals surface area contributed by atoms with E-state index in [0.29, 0.717) is 24.0 Å². The second-order valence-corrected chi connectivity index (χ2v) is 10.7. The molecule has 0 aliphatic carbocycles. The molecule has 7 nitrogen and oxygen atoms in total. The summed E-state index contributed by atoms with van der Waals surface area (Å²) < 4.78 is 0. The summed E-state index contributed by atoms with van der Waals surface area (Å²) >= 11 is 0. The van der Waals surface area contributed by atoms with Crippen LogP contribution < -0.4 is 0 Å². The van der Waals surface area contributed by atoms with E-state index < -0.39 is 24.3 Å². The number of rotatable bonds is 8. The van der Waals surface area contributed by atoms with Gasteiger partial charge in [0.15, 0.2) is 0 Å². The molecule has 0 aromatic heterocycles. The van der Waals surface area contributed by atoms with Crippen LogP contribution in [0.1, 0.15) is 33.4 Å². The third-order valence-electron chi connectivity index (χ3n) is 7.82. The summed E-state index contributed by atoms with van der Waals surface area (Å²) in [6.07, 6.45) is -1.84. The van der Waals surface area contributed by atoms with Crippen LogP contribution in [0, 0.1) is 22.7 Å². The first-order valence-corrected chi connectivity index (χ1v) is 14.0. The molecule has 4 atom stereocenters. The van der Waals surface area contributed by atoms with Gasteiger partial charge in [-0.05, 0) is 59.4 Å². The number of urea groups is 1. The summed E-state index contributed by atoms with van der Waals surface area (Å²) in [5, 5.41) is 42.5. The summed E-state index contributed by atoms with van der Waals surface area (Å²) in [6, 6.07) is 35.8. The Kier molecular flexibility index (Phi) is 8.94. The smallest absolute Gasteiger partial charge is 0.321 e. The van der Waals surface area contributed by atoms with Gasteiger partial charge in [-0.3, -0.25) is 0 Å². The quantitative estimate of drug-likeness (QED) is 0.324. The average Bonchev–Trinajstić information content (AvgIpc) is 3.09. The molecule has 2 N–H and O–H groups in total. The first kappa shape index (κ1) is 28.6. The zero-order chi connectivity index (χ0) is 29.5. The maximum Gasteiger partial charge on any atom is 0.321 e. The SMILES string of the molecule is N#Cc1cccc(CN2C(=O)N(Cc3cccc(C#N)c3)C(Cc3ccccc3)C(O)C(O)C2Cc2ccccc2)c1. The molecule has 0 radical (unpaired) electrons. The number of aliphatic hydroxyl groups excluding tert-OH is 2. The van der Waals surface area contributed by atoms with Crippen molar-refractivity contribution >= 4 is 6.03 Å². The predicted octanol–water partition coefficient (Wildman–Crippen LogP) is 4.81. The van der Waals surface area contributed by atoms with Gasteiger partial charge in [-0.1, -0.05) is 84.9 Å².